The summed E-state index contributed by atoms with van der Waals surface area (Å²) in [5.74, 6) is 0. The highest BCUT2D eigenvalue weighted by molar-refractivity contribution is 5.75. The van der Waals surface area contributed by atoms with Gasteiger partial charge in [-0.25, -0.2) is 4.98 Å². The quantitative estimate of drug-likeness (QED) is 0.700. The lowest BCUT2D eigenvalue weighted by Crippen LogP contribution is -2.19. The van der Waals surface area contributed by atoms with Crippen molar-refractivity contribution in [2.75, 3.05) is 13.6 Å². The smallest absolute Gasteiger partial charge is 0.0931 e. The van der Waals surface area contributed by atoms with Crippen LogP contribution in [-0.4, -0.2) is 23.6 Å². The molecule has 0 aliphatic heterocycles. The zero-order chi connectivity index (χ0) is 10.7. The molecule has 1 heterocycles. The van der Waals surface area contributed by atoms with Gasteiger partial charge in [-0.3, -0.25) is 0 Å². The van der Waals surface area contributed by atoms with E-state index in [9.17, 15) is 0 Å². The molecule has 80 valence electrons. The van der Waals surface area contributed by atoms with Crippen LogP contribution in [0.5, 0.6) is 0 Å². The normalized spacial score (nSPS) is 13.2. The van der Waals surface area contributed by atoms with E-state index in [2.05, 4.69) is 27.4 Å². The van der Waals surface area contributed by atoms with Gasteiger partial charge in [0.05, 0.1) is 17.4 Å². The van der Waals surface area contributed by atoms with E-state index >= 15 is 0 Å². The predicted molar refractivity (Wildman–Crippen MR) is 61.6 cm³/mol. The summed E-state index contributed by atoms with van der Waals surface area (Å²) in [5, 5.41) is 3.26. The van der Waals surface area contributed by atoms with Gasteiger partial charge in [0, 0.05) is 6.04 Å². The third-order valence-corrected chi connectivity index (χ3v) is 2.65. The molecule has 1 unspecified atom stereocenters. The van der Waals surface area contributed by atoms with Gasteiger partial charge in [0.25, 0.3) is 0 Å². The third kappa shape index (κ3) is 2.00. The van der Waals surface area contributed by atoms with E-state index in [1.807, 2.05) is 13.1 Å². The van der Waals surface area contributed by atoms with Crippen LogP contribution >= 0.6 is 0 Å². The first-order valence-electron chi connectivity index (χ1n) is 5.15. The lowest BCUT2D eigenvalue weighted by Gasteiger charge is -2.15. The Morgan fingerprint density at radius 2 is 2.40 bits per heavy atom. The molecule has 4 N–H and O–H groups in total. The van der Waals surface area contributed by atoms with E-state index in [1.165, 1.54) is 5.56 Å². The number of hydrogen-bond donors (Lipinski definition) is 3. The highest BCUT2D eigenvalue weighted by Gasteiger charge is 2.08. The van der Waals surface area contributed by atoms with Crippen LogP contribution in [-0.2, 0) is 0 Å². The Balaban J connectivity index is 2.33. The molecular weight excluding hydrogens is 188 g/mol. The van der Waals surface area contributed by atoms with Crippen molar-refractivity contribution in [2.45, 2.75) is 12.5 Å². The number of nitrogens with one attached hydrogen (secondary N) is 2. The summed E-state index contributed by atoms with van der Waals surface area (Å²) in [5.41, 5.74) is 8.90. The lowest BCUT2D eigenvalue weighted by molar-refractivity contribution is 0.557. The van der Waals surface area contributed by atoms with Crippen LogP contribution in [0.3, 0.4) is 0 Å². The minimum absolute atomic E-state index is 0.322. The highest BCUT2D eigenvalue weighted by Crippen LogP contribution is 2.19. The van der Waals surface area contributed by atoms with Crippen molar-refractivity contribution in [1.82, 2.24) is 15.3 Å². The van der Waals surface area contributed by atoms with Crippen molar-refractivity contribution >= 4 is 11.0 Å². The fourth-order valence-electron chi connectivity index (χ4n) is 1.81. The summed E-state index contributed by atoms with van der Waals surface area (Å²) >= 11 is 0. The van der Waals surface area contributed by atoms with Crippen molar-refractivity contribution in [2.24, 2.45) is 5.73 Å². The summed E-state index contributed by atoms with van der Waals surface area (Å²) in [4.78, 5) is 7.30. The minimum atomic E-state index is 0.322. The number of aromatic nitrogens is 2. The van der Waals surface area contributed by atoms with Crippen molar-refractivity contribution in [3.8, 4) is 0 Å². The minimum Gasteiger partial charge on any atom is -0.345 e. The Kier molecular flexibility index (Phi) is 2.99. The number of fused-ring (bicyclic) bond motifs is 1. The monoisotopic (exact) mass is 204 g/mol. The van der Waals surface area contributed by atoms with Crippen LogP contribution in [0.4, 0.5) is 0 Å². The predicted octanol–water partition coefficient (Wildman–Crippen LogP) is 1.17. The molecule has 0 spiro atoms. The summed E-state index contributed by atoms with van der Waals surface area (Å²) in [6.07, 6.45) is 2.65. The Morgan fingerprint density at radius 3 is 3.13 bits per heavy atom. The maximum Gasteiger partial charge on any atom is 0.0931 e. The lowest BCUT2D eigenvalue weighted by atomic mass is 10.0. The maximum atomic E-state index is 5.57. The van der Waals surface area contributed by atoms with Crippen LogP contribution in [0.15, 0.2) is 24.5 Å². The second kappa shape index (κ2) is 4.42. The molecule has 0 amide bonds. The summed E-state index contributed by atoms with van der Waals surface area (Å²) < 4.78 is 0. The number of nitrogens with zero attached hydrogens (tertiary/aromatic N) is 1. The zero-order valence-corrected chi connectivity index (χ0v) is 8.83. The molecule has 1 atom stereocenters. The van der Waals surface area contributed by atoms with Crippen LogP contribution in [0, 0.1) is 0 Å². The molecule has 0 saturated carbocycles. The molecule has 15 heavy (non-hydrogen) atoms. The first-order chi connectivity index (χ1) is 7.35. The molecule has 4 heteroatoms. The van der Waals surface area contributed by atoms with E-state index in [-0.39, 0.29) is 0 Å². The first-order valence-corrected chi connectivity index (χ1v) is 5.15. The Labute approximate surface area is 88.9 Å². The molecule has 0 radical (unpaired) electrons. The van der Waals surface area contributed by atoms with E-state index in [0.29, 0.717) is 12.6 Å². The third-order valence-electron chi connectivity index (χ3n) is 2.65. The molecule has 0 aliphatic carbocycles. The van der Waals surface area contributed by atoms with E-state index < -0.39 is 0 Å². The van der Waals surface area contributed by atoms with Crippen LogP contribution in [0.25, 0.3) is 11.0 Å². The highest BCUT2D eigenvalue weighted by atomic mass is 14.9. The fraction of sp³-hybridized carbons (Fsp3) is 0.364. The first kappa shape index (κ1) is 10.1. The Bertz CT molecular complexity index is 435. The molecule has 2 aromatic rings. The molecule has 4 nitrogen and oxygen atoms in total. The molecule has 0 saturated heterocycles. The molecule has 0 bridgehead atoms. The fourth-order valence-corrected chi connectivity index (χ4v) is 1.81. The van der Waals surface area contributed by atoms with Crippen molar-refractivity contribution < 1.29 is 0 Å². The molecule has 2 rings (SSSR count). The summed E-state index contributed by atoms with van der Waals surface area (Å²) in [7, 11) is 1.96. The standard InChI is InChI=1S/C11H16N4/c1-13-9(4-5-12)8-2-3-10-11(6-8)15-7-14-10/h2-3,6-7,9,13H,4-5,12H2,1H3,(H,14,15). The van der Waals surface area contributed by atoms with Gasteiger partial charge in [0.2, 0.25) is 0 Å². The molecule has 1 aromatic carbocycles. The second-order valence-electron chi connectivity index (χ2n) is 3.60. The second-order valence-corrected chi connectivity index (χ2v) is 3.60. The zero-order valence-electron chi connectivity index (χ0n) is 8.83. The van der Waals surface area contributed by atoms with Crippen molar-refractivity contribution in [3.63, 3.8) is 0 Å². The molecule has 0 aliphatic rings. The van der Waals surface area contributed by atoms with Gasteiger partial charge < -0.3 is 16.0 Å². The number of aromatic amines is 1. The summed E-state index contributed by atoms with van der Waals surface area (Å²) in [6, 6.07) is 6.57. The van der Waals surface area contributed by atoms with Gasteiger partial charge in [-0.15, -0.1) is 0 Å². The Hall–Kier alpha value is -1.39. The van der Waals surface area contributed by atoms with Gasteiger partial charge in [-0.2, -0.15) is 0 Å². The molecule has 1 aromatic heterocycles. The number of imidazole rings is 1. The van der Waals surface area contributed by atoms with Gasteiger partial charge in [-0.05, 0) is 37.7 Å². The van der Waals surface area contributed by atoms with Crippen molar-refractivity contribution in [3.05, 3.63) is 30.1 Å². The topological polar surface area (TPSA) is 66.7 Å². The van der Waals surface area contributed by atoms with Gasteiger partial charge in [-0.1, -0.05) is 6.07 Å². The number of nitrogens with two attached hydrogens (primary N) is 1. The molecule has 0 fully saturated rings. The van der Waals surface area contributed by atoms with Crippen molar-refractivity contribution in [1.29, 1.82) is 0 Å². The van der Waals surface area contributed by atoms with Crippen LogP contribution < -0.4 is 11.1 Å². The Morgan fingerprint density at radius 1 is 1.53 bits per heavy atom. The number of hydrogen-bond acceptors (Lipinski definition) is 3. The van der Waals surface area contributed by atoms with E-state index in [0.717, 1.165) is 17.5 Å². The SMILES string of the molecule is CNC(CCN)c1ccc2nc[nH]c2c1. The molecular formula is C11H16N4. The maximum absolute atomic E-state index is 5.57. The van der Waals surface area contributed by atoms with E-state index in [4.69, 9.17) is 5.73 Å². The number of H-pyrrole nitrogens is 1. The summed E-state index contributed by atoms with van der Waals surface area (Å²) in [6.45, 7) is 0.687. The van der Waals surface area contributed by atoms with E-state index in [1.54, 1.807) is 6.33 Å². The average molecular weight is 204 g/mol. The average Bonchev–Trinajstić information content (AvgIpc) is 2.72. The number of rotatable bonds is 4. The van der Waals surface area contributed by atoms with Gasteiger partial charge in [0.15, 0.2) is 0 Å². The number of benzene rings is 1. The van der Waals surface area contributed by atoms with Crippen LogP contribution in [0.2, 0.25) is 0 Å². The largest absolute Gasteiger partial charge is 0.345 e. The van der Waals surface area contributed by atoms with Gasteiger partial charge in [0.1, 0.15) is 0 Å². The van der Waals surface area contributed by atoms with Gasteiger partial charge >= 0.3 is 0 Å². The van der Waals surface area contributed by atoms with Crippen LogP contribution in [0.1, 0.15) is 18.0 Å².